The number of piperazine rings is 1. The van der Waals surface area contributed by atoms with E-state index < -0.39 is 11.6 Å². The van der Waals surface area contributed by atoms with E-state index in [0.29, 0.717) is 17.0 Å². The Morgan fingerprint density at radius 3 is 2.54 bits per heavy atom. The third kappa shape index (κ3) is 4.91. The molecule has 0 saturated carbocycles. The fraction of sp³-hybridized carbons (Fsp3) is 0.407. The lowest BCUT2D eigenvalue weighted by Crippen LogP contribution is -2.56. The highest BCUT2D eigenvalue weighted by atomic mass is 19.1. The molecule has 0 spiro atoms. The van der Waals surface area contributed by atoms with Crippen LogP contribution in [0, 0.1) is 18.6 Å². The van der Waals surface area contributed by atoms with Crippen LogP contribution in [-0.4, -0.2) is 54.6 Å². The van der Waals surface area contributed by atoms with Crippen molar-refractivity contribution < 1.29 is 8.78 Å². The van der Waals surface area contributed by atoms with Crippen molar-refractivity contribution in [2.24, 2.45) is 0 Å². The molecule has 3 N–H and O–H groups in total. The second-order valence-electron chi connectivity index (χ2n) is 10.6. The molecule has 8 nitrogen and oxygen atoms in total. The first kappa shape index (κ1) is 25.2. The number of imidazole rings is 1. The van der Waals surface area contributed by atoms with Gasteiger partial charge in [-0.25, -0.2) is 23.7 Å². The number of pyridine rings is 1. The van der Waals surface area contributed by atoms with Gasteiger partial charge in [0.25, 0.3) is 0 Å². The van der Waals surface area contributed by atoms with Crippen LogP contribution in [-0.2, 0) is 6.54 Å². The average Bonchev–Trinajstić information content (AvgIpc) is 3.17. The number of rotatable bonds is 5. The second-order valence-corrected chi connectivity index (χ2v) is 10.6. The van der Waals surface area contributed by atoms with Crippen molar-refractivity contribution in [3.63, 3.8) is 0 Å². The molecule has 1 aliphatic rings. The van der Waals surface area contributed by atoms with Crippen LogP contribution in [0.15, 0.2) is 30.5 Å². The van der Waals surface area contributed by atoms with Gasteiger partial charge in [0.1, 0.15) is 22.7 Å². The molecule has 37 heavy (non-hydrogen) atoms. The van der Waals surface area contributed by atoms with Gasteiger partial charge in [-0.3, -0.25) is 9.88 Å². The average molecular weight is 507 g/mol. The first-order valence-electron chi connectivity index (χ1n) is 12.5. The summed E-state index contributed by atoms with van der Waals surface area (Å²) in [7, 11) is 0. The molecule has 5 rings (SSSR count). The van der Waals surface area contributed by atoms with Crippen molar-refractivity contribution in [1.29, 1.82) is 0 Å². The molecule has 4 aromatic rings. The number of hydrogen-bond acceptors (Lipinski definition) is 7. The molecule has 0 radical (unpaired) electrons. The summed E-state index contributed by atoms with van der Waals surface area (Å²) in [6.45, 7) is 13.7. The quantitative estimate of drug-likeness (QED) is 0.412. The van der Waals surface area contributed by atoms with Crippen LogP contribution in [0.4, 0.5) is 14.7 Å². The van der Waals surface area contributed by atoms with Crippen LogP contribution in [0.3, 0.4) is 0 Å². The Balaban J connectivity index is 1.50. The van der Waals surface area contributed by atoms with Gasteiger partial charge in [0.15, 0.2) is 11.6 Å². The first-order chi connectivity index (χ1) is 17.5. The lowest BCUT2D eigenvalue weighted by Gasteiger charge is -2.39. The molecule has 4 heterocycles. The molecule has 1 aliphatic heterocycles. The van der Waals surface area contributed by atoms with Gasteiger partial charge in [-0.2, -0.15) is 0 Å². The number of anilines is 1. The third-order valence-corrected chi connectivity index (χ3v) is 6.71. The van der Waals surface area contributed by atoms with Gasteiger partial charge in [0.2, 0.25) is 5.95 Å². The van der Waals surface area contributed by atoms with E-state index in [0.717, 1.165) is 31.7 Å². The molecule has 1 fully saturated rings. The standard InChI is InChI=1S/C27H32F2N8/c1-15(2)37-16(3)33-24-19(28)10-18(11-21(24)37)23-22(29)25(35-26(30)34-23)20-7-6-17(12-31-20)13-36-9-8-32-27(4,5)14-36/h6-7,10-12,15,32H,8-9,13-14H2,1-5H3,(H2,30,34,35). The van der Waals surface area contributed by atoms with E-state index in [9.17, 15) is 0 Å². The SMILES string of the molecule is Cc1nc2c(F)cc(-c3nc(N)nc(-c4ccc(CN5CCNC(C)(C)C5)cn4)c3F)cc2n1C(C)C. The van der Waals surface area contributed by atoms with Gasteiger partial charge in [0.05, 0.1) is 11.2 Å². The number of hydrogen-bond donors (Lipinski definition) is 2. The number of aromatic nitrogens is 5. The van der Waals surface area contributed by atoms with E-state index in [2.05, 4.69) is 44.0 Å². The molecular formula is C27H32F2N8. The zero-order valence-corrected chi connectivity index (χ0v) is 21.8. The summed E-state index contributed by atoms with van der Waals surface area (Å²) < 4.78 is 32.7. The zero-order valence-electron chi connectivity index (χ0n) is 21.8. The lowest BCUT2D eigenvalue weighted by atomic mass is 10.0. The van der Waals surface area contributed by atoms with Crippen molar-refractivity contribution in [1.82, 2.24) is 34.7 Å². The molecule has 194 valence electrons. The van der Waals surface area contributed by atoms with E-state index in [4.69, 9.17) is 5.73 Å². The number of nitrogens with one attached hydrogen (secondary N) is 1. The summed E-state index contributed by atoms with van der Waals surface area (Å²) >= 11 is 0. The van der Waals surface area contributed by atoms with Crippen LogP contribution >= 0.6 is 0 Å². The van der Waals surface area contributed by atoms with E-state index in [1.807, 2.05) is 31.4 Å². The summed E-state index contributed by atoms with van der Waals surface area (Å²) in [4.78, 5) is 19.4. The highest BCUT2D eigenvalue weighted by Crippen LogP contribution is 2.33. The van der Waals surface area contributed by atoms with Crippen LogP contribution < -0.4 is 11.1 Å². The summed E-state index contributed by atoms with van der Waals surface area (Å²) in [6, 6.07) is 6.63. The van der Waals surface area contributed by atoms with Crippen molar-refractivity contribution in [2.45, 2.75) is 52.7 Å². The highest BCUT2D eigenvalue weighted by Gasteiger charge is 2.26. The number of nitrogen functional groups attached to an aromatic ring is 1. The summed E-state index contributed by atoms with van der Waals surface area (Å²) in [6.07, 6.45) is 1.73. The van der Waals surface area contributed by atoms with Gasteiger partial charge in [-0.05, 0) is 58.4 Å². The summed E-state index contributed by atoms with van der Waals surface area (Å²) in [5, 5.41) is 3.50. The largest absolute Gasteiger partial charge is 0.368 e. The highest BCUT2D eigenvalue weighted by molar-refractivity contribution is 5.83. The topological polar surface area (TPSA) is 97.8 Å². The molecule has 10 heteroatoms. The molecule has 1 aromatic carbocycles. The van der Waals surface area contributed by atoms with Crippen molar-refractivity contribution in [2.75, 3.05) is 25.4 Å². The third-order valence-electron chi connectivity index (χ3n) is 6.71. The van der Waals surface area contributed by atoms with E-state index in [1.165, 1.54) is 6.07 Å². The molecule has 0 amide bonds. The smallest absolute Gasteiger partial charge is 0.221 e. The Labute approximate surface area is 215 Å². The molecule has 3 aromatic heterocycles. The van der Waals surface area contributed by atoms with E-state index in [1.54, 1.807) is 18.3 Å². The van der Waals surface area contributed by atoms with Crippen LogP contribution in [0.25, 0.3) is 33.7 Å². The normalized spacial score (nSPS) is 16.1. The van der Waals surface area contributed by atoms with E-state index >= 15 is 8.78 Å². The predicted octanol–water partition coefficient (Wildman–Crippen LogP) is 4.49. The Morgan fingerprint density at radius 2 is 1.86 bits per heavy atom. The van der Waals surface area contributed by atoms with Crippen LogP contribution in [0.2, 0.25) is 0 Å². The van der Waals surface area contributed by atoms with Crippen LogP contribution in [0.5, 0.6) is 0 Å². The minimum Gasteiger partial charge on any atom is -0.368 e. The van der Waals surface area contributed by atoms with Gasteiger partial charge < -0.3 is 15.6 Å². The van der Waals surface area contributed by atoms with Gasteiger partial charge in [0, 0.05) is 49.5 Å². The van der Waals surface area contributed by atoms with E-state index in [-0.39, 0.29) is 40.0 Å². The number of nitrogens with zero attached hydrogens (tertiary/aromatic N) is 6. The summed E-state index contributed by atoms with van der Waals surface area (Å²) in [5.74, 6) is -0.691. The number of nitrogens with two attached hydrogens (primary N) is 1. The predicted molar refractivity (Wildman–Crippen MR) is 141 cm³/mol. The maximum absolute atomic E-state index is 15.8. The minimum absolute atomic E-state index is 0.0218. The Hall–Kier alpha value is -3.50. The molecule has 1 saturated heterocycles. The molecule has 0 aliphatic carbocycles. The molecule has 0 unspecified atom stereocenters. The number of aryl methyl sites for hydroxylation is 1. The monoisotopic (exact) mass is 506 g/mol. The molecular weight excluding hydrogens is 474 g/mol. The van der Waals surface area contributed by atoms with Crippen LogP contribution in [0.1, 0.15) is 45.1 Å². The number of benzene rings is 1. The second kappa shape index (κ2) is 9.42. The van der Waals surface area contributed by atoms with Gasteiger partial charge in [-0.15, -0.1) is 0 Å². The summed E-state index contributed by atoms with van der Waals surface area (Å²) in [5.41, 5.74) is 8.35. The fourth-order valence-electron chi connectivity index (χ4n) is 5.18. The number of fused-ring (bicyclic) bond motifs is 1. The Kier molecular flexibility index (Phi) is 6.41. The molecule has 0 bridgehead atoms. The Bertz CT molecular complexity index is 1460. The van der Waals surface area contributed by atoms with Crippen molar-refractivity contribution in [3.8, 4) is 22.6 Å². The lowest BCUT2D eigenvalue weighted by molar-refractivity contribution is 0.148. The van der Waals surface area contributed by atoms with Gasteiger partial charge >= 0.3 is 0 Å². The van der Waals surface area contributed by atoms with Crippen molar-refractivity contribution in [3.05, 3.63) is 53.5 Å². The maximum atomic E-state index is 15.8. The fourth-order valence-corrected chi connectivity index (χ4v) is 5.18. The zero-order chi connectivity index (χ0) is 26.5. The number of halogens is 2. The maximum Gasteiger partial charge on any atom is 0.221 e. The molecule has 0 atom stereocenters. The Morgan fingerprint density at radius 1 is 1.11 bits per heavy atom. The first-order valence-corrected chi connectivity index (χ1v) is 12.5. The minimum atomic E-state index is -0.704. The van der Waals surface area contributed by atoms with Crippen molar-refractivity contribution >= 4 is 17.0 Å². The van der Waals surface area contributed by atoms with Gasteiger partial charge in [-0.1, -0.05) is 6.07 Å².